The highest BCUT2D eigenvalue weighted by Crippen LogP contribution is 2.29. The molecule has 2 heteroatoms. The number of hydrogen-bond donors (Lipinski definition) is 1. The first-order chi connectivity index (χ1) is 8.70. The molecule has 2 aromatic carbocycles. The van der Waals surface area contributed by atoms with E-state index in [1.165, 1.54) is 16.7 Å². The quantitative estimate of drug-likeness (QED) is 0.857. The number of benzene rings is 2. The van der Waals surface area contributed by atoms with E-state index in [1.54, 1.807) is 0 Å². The summed E-state index contributed by atoms with van der Waals surface area (Å²) in [7, 11) is 0. The monoisotopic (exact) mass is 259 g/mol. The SMILES string of the molecule is CCNCc1ccc(-c2cccc(C)c2)c(Cl)c1. The summed E-state index contributed by atoms with van der Waals surface area (Å²) in [5, 5.41) is 4.12. The van der Waals surface area contributed by atoms with Crippen LogP contribution in [-0.2, 0) is 6.54 Å². The first-order valence-corrected chi connectivity index (χ1v) is 6.64. The van der Waals surface area contributed by atoms with Gasteiger partial charge in [-0.2, -0.15) is 0 Å². The maximum absolute atomic E-state index is 6.37. The van der Waals surface area contributed by atoms with Gasteiger partial charge in [0.05, 0.1) is 0 Å². The van der Waals surface area contributed by atoms with Gasteiger partial charge >= 0.3 is 0 Å². The van der Waals surface area contributed by atoms with Crippen LogP contribution in [0.4, 0.5) is 0 Å². The van der Waals surface area contributed by atoms with E-state index in [-0.39, 0.29) is 0 Å². The summed E-state index contributed by atoms with van der Waals surface area (Å²) in [5.74, 6) is 0. The van der Waals surface area contributed by atoms with Crippen LogP contribution in [0, 0.1) is 6.92 Å². The molecular formula is C16H18ClN. The van der Waals surface area contributed by atoms with Gasteiger partial charge in [-0.1, -0.05) is 60.5 Å². The number of halogens is 1. The van der Waals surface area contributed by atoms with Gasteiger partial charge < -0.3 is 5.32 Å². The fourth-order valence-electron chi connectivity index (χ4n) is 1.98. The molecule has 0 fully saturated rings. The predicted molar refractivity (Wildman–Crippen MR) is 79.0 cm³/mol. The second-order valence-corrected chi connectivity index (χ2v) is 4.87. The van der Waals surface area contributed by atoms with Gasteiger partial charge in [-0.05, 0) is 30.7 Å². The Morgan fingerprint density at radius 1 is 1.11 bits per heavy atom. The van der Waals surface area contributed by atoms with E-state index in [0.717, 1.165) is 23.7 Å². The lowest BCUT2D eigenvalue weighted by Crippen LogP contribution is -2.11. The van der Waals surface area contributed by atoms with Crippen LogP contribution in [0.3, 0.4) is 0 Å². The largest absolute Gasteiger partial charge is 0.313 e. The van der Waals surface area contributed by atoms with Crippen molar-refractivity contribution in [2.24, 2.45) is 0 Å². The van der Waals surface area contributed by atoms with Gasteiger partial charge in [0.1, 0.15) is 0 Å². The lowest BCUT2D eigenvalue weighted by atomic mass is 10.0. The number of aryl methyl sites for hydroxylation is 1. The molecule has 2 rings (SSSR count). The molecule has 0 atom stereocenters. The summed E-state index contributed by atoms with van der Waals surface area (Å²) in [4.78, 5) is 0. The van der Waals surface area contributed by atoms with Crippen LogP contribution in [-0.4, -0.2) is 6.54 Å². The number of hydrogen-bond acceptors (Lipinski definition) is 1. The summed E-state index contributed by atoms with van der Waals surface area (Å²) >= 11 is 6.37. The lowest BCUT2D eigenvalue weighted by Gasteiger charge is -2.08. The molecule has 0 aliphatic heterocycles. The molecule has 94 valence electrons. The summed E-state index contributed by atoms with van der Waals surface area (Å²) in [5.41, 5.74) is 4.74. The van der Waals surface area contributed by atoms with Gasteiger partial charge in [-0.3, -0.25) is 0 Å². The van der Waals surface area contributed by atoms with Gasteiger partial charge in [0.2, 0.25) is 0 Å². The Labute approximate surface area is 114 Å². The smallest absolute Gasteiger partial charge is 0.0487 e. The molecule has 0 aliphatic rings. The molecular weight excluding hydrogens is 242 g/mol. The third-order valence-corrected chi connectivity index (χ3v) is 3.25. The highest BCUT2D eigenvalue weighted by molar-refractivity contribution is 6.33. The molecule has 1 nitrogen and oxygen atoms in total. The van der Waals surface area contributed by atoms with Crippen LogP contribution >= 0.6 is 11.6 Å². The Bertz CT molecular complexity index is 534. The zero-order valence-corrected chi connectivity index (χ0v) is 11.6. The van der Waals surface area contributed by atoms with Crippen LogP contribution in [0.25, 0.3) is 11.1 Å². The molecule has 0 heterocycles. The summed E-state index contributed by atoms with van der Waals surface area (Å²) in [6.07, 6.45) is 0. The van der Waals surface area contributed by atoms with Crippen LogP contribution < -0.4 is 5.32 Å². The van der Waals surface area contributed by atoms with Gasteiger partial charge in [0.15, 0.2) is 0 Å². The Balaban J connectivity index is 2.29. The minimum absolute atomic E-state index is 0.816. The van der Waals surface area contributed by atoms with Crippen molar-refractivity contribution in [3.8, 4) is 11.1 Å². The van der Waals surface area contributed by atoms with Crippen molar-refractivity contribution in [1.82, 2.24) is 5.32 Å². The standard InChI is InChI=1S/C16H18ClN/c1-3-18-11-13-7-8-15(16(17)10-13)14-6-4-5-12(2)9-14/h4-10,18H,3,11H2,1-2H3. The Morgan fingerprint density at radius 2 is 1.94 bits per heavy atom. The minimum Gasteiger partial charge on any atom is -0.313 e. The van der Waals surface area contributed by atoms with Crippen molar-refractivity contribution in [2.45, 2.75) is 20.4 Å². The fraction of sp³-hybridized carbons (Fsp3) is 0.250. The van der Waals surface area contributed by atoms with E-state index in [4.69, 9.17) is 11.6 Å². The van der Waals surface area contributed by atoms with Crippen molar-refractivity contribution < 1.29 is 0 Å². The van der Waals surface area contributed by atoms with Gasteiger partial charge in [-0.25, -0.2) is 0 Å². The van der Waals surface area contributed by atoms with E-state index >= 15 is 0 Å². The summed E-state index contributed by atoms with van der Waals surface area (Å²) < 4.78 is 0. The molecule has 0 aliphatic carbocycles. The molecule has 0 saturated heterocycles. The molecule has 0 saturated carbocycles. The molecule has 0 unspecified atom stereocenters. The second kappa shape index (κ2) is 6.03. The lowest BCUT2D eigenvalue weighted by molar-refractivity contribution is 0.727. The third kappa shape index (κ3) is 3.12. The van der Waals surface area contributed by atoms with Crippen molar-refractivity contribution in [3.63, 3.8) is 0 Å². The maximum atomic E-state index is 6.37. The van der Waals surface area contributed by atoms with E-state index in [1.807, 2.05) is 6.07 Å². The first-order valence-electron chi connectivity index (χ1n) is 6.27. The Morgan fingerprint density at radius 3 is 2.61 bits per heavy atom. The average Bonchev–Trinajstić information content (AvgIpc) is 2.36. The second-order valence-electron chi connectivity index (χ2n) is 4.46. The van der Waals surface area contributed by atoms with Crippen molar-refractivity contribution in [2.75, 3.05) is 6.54 Å². The molecule has 1 N–H and O–H groups in total. The van der Waals surface area contributed by atoms with E-state index < -0.39 is 0 Å². The fourth-order valence-corrected chi connectivity index (χ4v) is 2.30. The molecule has 0 amide bonds. The predicted octanol–water partition coefficient (Wildman–Crippen LogP) is 4.42. The molecule has 18 heavy (non-hydrogen) atoms. The molecule has 0 spiro atoms. The van der Waals surface area contributed by atoms with E-state index in [9.17, 15) is 0 Å². The van der Waals surface area contributed by atoms with Gasteiger partial charge in [0.25, 0.3) is 0 Å². The van der Waals surface area contributed by atoms with Crippen molar-refractivity contribution >= 4 is 11.6 Å². The average molecular weight is 260 g/mol. The van der Waals surface area contributed by atoms with Crippen LogP contribution in [0.2, 0.25) is 5.02 Å². The van der Waals surface area contributed by atoms with E-state index in [0.29, 0.717) is 0 Å². The zero-order valence-electron chi connectivity index (χ0n) is 10.8. The Hall–Kier alpha value is -1.31. The first kappa shape index (κ1) is 13.1. The van der Waals surface area contributed by atoms with Gasteiger partial charge in [-0.15, -0.1) is 0 Å². The maximum Gasteiger partial charge on any atom is 0.0487 e. The molecule has 0 aromatic heterocycles. The van der Waals surface area contributed by atoms with Crippen LogP contribution in [0.1, 0.15) is 18.1 Å². The molecule has 2 aromatic rings. The van der Waals surface area contributed by atoms with Crippen molar-refractivity contribution in [1.29, 1.82) is 0 Å². The summed E-state index contributed by atoms with van der Waals surface area (Å²) in [6.45, 7) is 6.03. The molecule has 0 radical (unpaired) electrons. The zero-order chi connectivity index (χ0) is 13.0. The molecule has 0 bridgehead atoms. The topological polar surface area (TPSA) is 12.0 Å². The third-order valence-electron chi connectivity index (χ3n) is 2.94. The normalized spacial score (nSPS) is 10.6. The highest BCUT2D eigenvalue weighted by Gasteiger charge is 2.04. The number of rotatable bonds is 4. The van der Waals surface area contributed by atoms with Gasteiger partial charge in [0, 0.05) is 17.1 Å². The van der Waals surface area contributed by atoms with Crippen LogP contribution in [0.15, 0.2) is 42.5 Å². The number of nitrogens with one attached hydrogen (secondary N) is 1. The Kier molecular flexibility index (Phi) is 4.40. The summed E-state index contributed by atoms with van der Waals surface area (Å²) in [6, 6.07) is 14.7. The minimum atomic E-state index is 0.816. The highest BCUT2D eigenvalue weighted by atomic mass is 35.5. The van der Waals surface area contributed by atoms with Crippen molar-refractivity contribution in [3.05, 3.63) is 58.6 Å². The van der Waals surface area contributed by atoms with Crippen LogP contribution in [0.5, 0.6) is 0 Å². The van der Waals surface area contributed by atoms with E-state index in [2.05, 4.69) is 55.6 Å².